The first kappa shape index (κ1) is 30.0. The lowest BCUT2D eigenvalue weighted by Gasteiger charge is -2.26. The highest BCUT2D eigenvalue weighted by molar-refractivity contribution is 6.03. The number of carbonyl (C=O) groups excluding carboxylic acids is 2. The molecule has 6 nitrogen and oxygen atoms in total. The Kier molecular flexibility index (Phi) is 9.31. The van der Waals surface area contributed by atoms with E-state index in [1.165, 1.54) is 11.1 Å². The molecule has 0 amide bonds. The van der Waals surface area contributed by atoms with Gasteiger partial charge < -0.3 is 14.4 Å². The Morgan fingerprint density at radius 2 is 1.44 bits per heavy atom. The Morgan fingerprint density at radius 3 is 2.15 bits per heavy atom. The van der Waals surface area contributed by atoms with Gasteiger partial charge in [-0.15, -0.1) is 0 Å². The molecule has 0 aromatic heterocycles. The number of ether oxygens (including phenoxy) is 2. The second-order valence-electron chi connectivity index (χ2n) is 11.4. The van der Waals surface area contributed by atoms with E-state index in [0.717, 1.165) is 22.8 Å². The quantitative estimate of drug-likeness (QED) is 0.174. The van der Waals surface area contributed by atoms with E-state index in [4.69, 9.17) is 9.47 Å². The molecule has 2 aromatic carbocycles. The molecule has 216 valence electrons. The predicted molar refractivity (Wildman–Crippen MR) is 165 cm³/mol. The summed E-state index contributed by atoms with van der Waals surface area (Å²) in [5.74, 6) is -0.366. The fourth-order valence-corrected chi connectivity index (χ4v) is 5.99. The molecule has 4 rings (SSSR count). The van der Waals surface area contributed by atoms with E-state index in [-0.39, 0.29) is 22.8 Å². The van der Waals surface area contributed by atoms with Crippen LogP contribution in [0.1, 0.15) is 65.5 Å². The Labute approximate surface area is 244 Å². The normalized spacial score (nSPS) is 17.9. The van der Waals surface area contributed by atoms with Crippen LogP contribution in [0.5, 0.6) is 0 Å². The minimum absolute atomic E-state index is 0.183. The van der Waals surface area contributed by atoms with Crippen LogP contribution < -0.4 is 4.90 Å². The fourth-order valence-electron chi connectivity index (χ4n) is 5.99. The molecule has 0 spiro atoms. The minimum Gasteiger partial charge on any atom is -0.466 e. The molecule has 0 saturated carbocycles. The topological polar surface area (TPSA) is 58.8 Å². The van der Waals surface area contributed by atoms with Crippen LogP contribution in [-0.2, 0) is 29.9 Å². The number of rotatable bonds is 11. The lowest BCUT2D eigenvalue weighted by Crippen LogP contribution is -2.28. The van der Waals surface area contributed by atoms with Gasteiger partial charge in [0.25, 0.3) is 0 Å². The number of fused-ring (bicyclic) bond motifs is 2. The Hall–Kier alpha value is -3.93. The maximum atomic E-state index is 12.2. The SMILES string of the molecule is CCOC(=O)CCN1/C(=C/C=C\C=C/C2=[N+](CCC(=O)OCC)c3ccccc3C2(C)C)C(C)(C)c2ccccc21. The maximum absolute atomic E-state index is 12.2. The Morgan fingerprint density at radius 1 is 0.805 bits per heavy atom. The molecular formula is C35H43N2O4+. The van der Waals surface area contributed by atoms with Crippen LogP contribution in [-0.4, -0.2) is 48.5 Å². The Balaban J connectivity index is 1.60. The average molecular weight is 556 g/mol. The second-order valence-corrected chi connectivity index (χ2v) is 11.4. The standard InChI is InChI=1S/C35H43N2O4/c1-7-40-32(38)22-24-36-28-18-14-12-16-26(28)34(3,4)30(36)20-10-9-11-21-31-35(5,6)27-17-13-15-19-29(27)37(31)25-23-33(39)41-8-2/h9-21H,7-8,22-25H2,1-6H3/q+1. The van der Waals surface area contributed by atoms with Crippen molar-refractivity contribution in [1.82, 2.24) is 0 Å². The first-order valence-electron chi connectivity index (χ1n) is 14.6. The number of carbonyl (C=O) groups is 2. The molecule has 0 bridgehead atoms. The molecular weight excluding hydrogens is 512 g/mol. The molecule has 2 aliphatic rings. The van der Waals surface area contributed by atoms with Gasteiger partial charge in [0.1, 0.15) is 6.42 Å². The van der Waals surface area contributed by atoms with Gasteiger partial charge in [0.15, 0.2) is 12.3 Å². The van der Waals surface area contributed by atoms with E-state index in [1.54, 1.807) is 0 Å². The van der Waals surface area contributed by atoms with Crippen molar-refractivity contribution < 1.29 is 23.6 Å². The van der Waals surface area contributed by atoms with Crippen LogP contribution in [0.3, 0.4) is 0 Å². The van der Waals surface area contributed by atoms with E-state index >= 15 is 0 Å². The van der Waals surface area contributed by atoms with Gasteiger partial charge in [-0.05, 0) is 45.4 Å². The molecule has 0 N–H and O–H groups in total. The van der Waals surface area contributed by atoms with Gasteiger partial charge in [-0.2, -0.15) is 4.58 Å². The molecule has 41 heavy (non-hydrogen) atoms. The highest BCUT2D eigenvalue weighted by atomic mass is 16.5. The maximum Gasteiger partial charge on any atom is 0.312 e. The van der Waals surface area contributed by atoms with Crippen LogP contribution in [0.4, 0.5) is 11.4 Å². The van der Waals surface area contributed by atoms with Gasteiger partial charge >= 0.3 is 11.9 Å². The van der Waals surface area contributed by atoms with Crippen molar-refractivity contribution in [3.05, 3.63) is 95.7 Å². The van der Waals surface area contributed by atoms with E-state index in [9.17, 15) is 9.59 Å². The summed E-state index contributed by atoms with van der Waals surface area (Å²) < 4.78 is 12.6. The van der Waals surface area contributed by atoms with E-state index in [2.05, 4.69) is 97.9 Å². The van der Waals surface area contributed by atoms with Crippen molar-refractivity contribution in [3.63, 3.8) is 0 Å². The summed E-state index contributed by atoms with van der Waals surface area (Å²) in [4.78, 5) is 26.6. The fraction of sp³-hybridized carbons (Fsp3) is 0.400. The highest BCUT2D eigenvalue weighted by Gasteiger charge is 2.44. The first-order chi connectivity index (χ1) is 19.6. The number of hydrogen-bond acceptors (Lipinski definition) is 5. The van der Waals surface area contributed by atoms with Crippen molar-refractivity contribution >= 4 is 29.0 Å². The first-order valence-corrected chi connectivity index (χ1v) is 14.6. The van der Waals surface area contributed by atoms with E-state index < -0.39 is 0 Å². The van der Waals surface area contributed by atoms with Crippen molar-refractivity contribution in [2.75, 3.05) is 31.2 Å². The molecule has 0 atom stereocenters. The monoisotopic (exact) mass is 555 g/mol. The van der Waals surface area contributed by atoms with Crippen LogP contribution in [0.25, 0.3) is 0 Å². The summed E-state index contributed by atoms with van der Waals surface area (Å²) in [5, 5.41) is 0. The lowest BCUT2D eigenvalue weighted by molar-refractivity contribution is -0.436. The summed E-state index contributed by atoms with van der Waals surface area (Å²) in [5.41, 5.74) is 6.65. The highest BCUT2D eigenvalue weighted by Crippen LogP contribution is 2.47. The lowest BCUT2D eigenvalue weighted by atomic mass is 9.81. The van der Waals surface area contributed by atoms with Crippen LogP contribution in [0.15, 0.2) is 84.6 Å². The van der Waals surface area contributed by atoms with Crippen LogP contribution in [0, 0.1) is 0 Å². The number of allylic oxidation sites excluding steroid dienone is 6. The smallest absolute Gasteiger partial charge is 0.312 e. The third-order valence-electron chi connectivity index (χ3n) is 8.02. The molecule has 0 unspecified atom stereocenters. The van der Waals surface area contributed by atoms with Gasteiger partial charge in [0.05, 0.1) is 25.0 Å². The van der Waals surface area contributed by atoms with Gasteiger partial charge in [0.2, 0.25) is 5.69 Å². The third kappa shape index (κ3) is 6.22. The average Bonchev–Trinajstić information content (AvgIpc) is 3.29. The zero-order valence-electron chi connectivity index (χ0n) is 25.3. The predicted octanol–water partition coefficient (Wildman–Crippen LogP) is 6.76. The second kappa shape index (κ2) is 12.7. The number of esters is 2. The summed E-state index contributed by atoms with van der Waals surface area (Å²) in [6.45, 7) is 14.5. The summed E-state index contributed by atoms with van der Waals surface area (Å²) in [7, 11) is 0. The molecule has 0 saturated heterocycles. The third-order valence-corrected chi connectivity index (χ3v) is 8.02. The molecule has 0 aliphatic carbocycles. The number of benzene rings is 2. The summed E-state index contributed by atoms with van der Waals surface area (Å²) in [6.07, 6.45) is 11.1. The van der Waals surface area contributed by atoms with Gasteiger partial charge in [0, 0.05) is 41.1 Å². The van der Waals surface area contributed by atoms with Crippen molar-refractivity contribution in [2.45, 2.75) is 65.2 Å². The molecule has 6 heteroatoms. The van der Waals surface area contributed by atoms with Gasteiger partial charge in [-0.1, -0.05) is 68.5 Å². The number of para-hydroxylation sites is 2. The molecule has 2 aliphatic heterocycles. The van der Waals surface area contributed by atoms with Crippen LogP contribution in [0.2, 0.25) is 0 Å². The molecule has 0 fully saturated rings. The van der Waals surface area contributed by atoms with E-state index in [0.29, 0.717) is 39.1 Å². The van der Waals surface area contributed by atoms with Crippen LogP contribution >= 0.6 is 0 Å². The van der Waals surface area contributed by atoms with Crippen molar-refractivity contribution in [2.24, 2.45) is 0 Å². The zero-order chi connectivity index (χ0) is 29.6. The molecule has 0 radical (unpaired) electrons. The minimum atomic E-state index is -0.201. The van der Waals surface area contributed by atoms with Crippen molar-refractivity contribution in [3.8, 4) is 0 Å². The number of anilines is 1. The largest absolute Gasteiger partial charge is 0.466 e. The molecule has 2 heterocycles. The number of nitrogens with zero attached hydrogens (tertiary/aromatic N) is 2. The van der Waals surface area contributed by atoms with Gasteiger partial charge in [-0.25, -0.2) is 0 Å². The Bertz CT molecular complexity index is 1410. The summed E-state index contributed by atoms with van der Waals surface area (Å²) >= 11 is 0. The van der Waals surface area contributed by atoms with Crippen molar-refractivity contribution in [1.29, 1.82) is 0 Å². The number of hydrogen-bond donors (Lipinski definition) is 0. The zero-order valence-corrected chi connectivity index (χ0v) is 25.3. The van der Waals surface area contributed by atoms with Gasteiger partial charge in [-0.3, -0.25) is 9.59 Å². The summed E-state index contributed by atoms with van der Waals surface area (Å²) in [6, 6.07) is 16.8. The molecule has 2 aromatic rings. The van der Waals surface area contributed by atoms with E-state index in [1.807, 2.05) is 32.1 Å².